The lowest BCUT2D eigenvalue weighted by Crippen LogP contribution is -2.09. The minimum absolute atomic E-state index is 0.415. The number of methoxy groups -OCH3 is 2. The maximum Gasteiger partial charge on any atom is 0.119 e. The quantitative estimate of drug-likeness (QED) is 0.145. The lowest BCUT2D eigenvalue weighted by molar-refractivity contribution is 0.415. The Labute approximate surface area is 309 Å². The van der Waals surface area contributed by atoms with E-state index in [1.54, 1.807) is 38.5 Å². The van der Waals surface area contributed by atoms with Gasteiger partial charge in [0.25, 0.3) is 0 Å². The number of benzene rings is 6. The van der Waals surface area contributed by atoms with Crippen LogP contribution in [0.25, 0.3) is 0 Å². The summed E-state index contributed by atoms with van der Waals surface area (Å²) in [5.41, 5.74) is 7.91. The number of nitriles is 2. The largest absolute Gasteiger partial charge is 0.497 e. The molecule has 246 valence electrons. The predicted octanol–water partition coefficient (Wildman–Crippen LogP) is 9.41. The highest BCUT2D eigenvalue weighted by molar-refractivity contribution is 7.80. The van der Waals surface area contributed by atoms with Crippen LogP contribution in [0.4, 0.5) is 17.1 Å². The fourth-order valence-corrected chi connectivity index (χ4v) is 5.37. The zero-order valence-electron chi connectivity index (χ0n) is 28.3. The number of anilines is 3. The van der Waals surface area contributed by atoms with Crippen LogP contribution < -0.4 is 14.4 Å². The molecular formula is C46H29N3O2S. The molecular weight excluding hydrogens is 659 g/mol. The molecule has 0 bridgehead atoms. The fourth-order valence-electron chi connectivity index (χ4n) is 5.22. The van der Waals surface area contributed by atoms with E-state index in [0.717, 1.165) is 44.6 Å². The Morgan fingerprint density at radius 3 is 1.19 bits per heavy atom. The molecule has 0 atom stereocenters. The summed E-state index contributed by atoms with van der Waals surface area (Å²) in [5.74, 6) is 20.3. The van der Waals surface area contributed by atoms with Crippen molar-refractivity contribution in [2.24, 2.45) is 0 Å². The topological polar surface area (TPSA) is 69.3 Å². The molecule has 6 rings (SSSR count). The van der Waals surface area contributed by atoms with Crippen molar-refractivity contribution in [1.82, 2.24) is 0 Å². The maximum absolute atomic E-state index is 9.92. The molecule has 6 heteroatoms. The number of ether oxygens (including phenoxy) is 2. The molecule has 0 fully saturated rings. The zero-order chi connectivity index (χ0) is 36.3. The molecule has 0 aliphatic rings. The van der Waals surface area contributed by atoms with Crippen LogP contribution in [-0.4, -0.2) is 14.2 Å². The van der Waals surface area contributed by atoms with E-state index in [1.807, 2.05) is 109 Å². The van der Waals surface area contributed by atoms with E-state index in [0.29, 0.717) is 33.4 Å². The summed E-state index contributed by atoms with van der Waals surface area (Å²) in [4.78, 5) is 3.00. The molecule has 0 aliphatic carbocycles. The molecule has 6 aromatic carbocycles. The molecule has 52 heavy (non-hydrogen) atoms. The SMILES string of the molecule is COc1ccc(N(c2ccc(C#Cc3ccc(C#Cc4ccc(C#Cc5ccc(S)cc5)cc4C#N)cc3C#N)cc2)c2ccc(OC)cc2)cc1. The van der Waals surface area contributed by atoms with E-state index in [9.17, 15) is 10.5 Å². The van der Waals surface area contributed by atoms with Crippen molar-refractivity contribution in [3.8, 4) is 59.2 Å². The van der Waals surface area contributed by atoms with E-state index in [1.165, 1.54) is 0 Å². The third-order valence-corrected chi connectivity index (χ3v) is 8.27. The highest BCUT2D eigenvalue weighted by Gasteiger charge is 2.13. The predicted molar refractivity (Wildman–Crippen MR) is 208 cm³/mol. The van der Waals surface area contributed by atoms with Crippen molar-refractivity contribution < 1.29 is 9.47 Å². The summed E-state index contributed by atoms with van der Waals surface area (Å²) in [5, 5.41) is 19.7. The van der Waals surface area contributed by atoms with Gasteiger partial charge in [-0.25, -0.2) is 0 Å². The Morgan fingerprint density at radius 2 is 0.769 bits per heavy atom. The standard InChI is InChI=1S/C46H29N3O2S/c1-50-44-23-19-42(20-24-44)49(43-21-25-45(51-2)26-22-43)41-17-9-34(10-18-41)5-13-37-15-7-36(30-40(37)32-48)8-16-38-14-6-35(29-39(38)31-47)4-3-33-11-27-46(52)28-12-33/h6-7,9-12,14-15,17-30,52H,1-2H3. The first-order valence-corrected chi connectivity index (χ1v) is 16.5. The van der Waals surface area contributed by atoms with Gasteiger partial charge < -0.3 is 14.4 Å². The van der Waals surface area contributed by atoms with Crippen LogP contribution in [0.1, 0.15) is 44.5 Å². The number of hydrogen-bond acceptors (Lipinski definition) is 6. The Kier molecular flexibility index (Phi) is 10.9. The van der Waals surface area contributed by atoms with E-state index in [2.05, 4.69) is 65.2 Å². The van der Waals surface area contributed by atoms with E-state index >= 15 is 0 Å². The zero-order valence-corrected chi connectivity index (χ0v) is 29.2. The average molecular weight is 688 g/mol. The molecule has 0 aliphatic heterocycles. The summed E-state index contributed by atoms with van der Waals surface area (Å²) in [6, 6.07) is 46.4. The van der Waals surface area contributed by atoms with Crippen LogP contribution in [-0.2, 0) is 0 Å². The summed E-state index contributed by atoms with van der Waals surface area (Å²) >= 11 is 4.30. The molecule has 0 spiro atoms. The van der Waals surface area contributed by atoms with Gasteiger partial charge in [0.15, 0.2) is 0 Å². The van der Waals surface area contributed by atoms with Gasteiger partial charge in [0.1, 0.15) is 23.6 Å². The summed E-state index contributed by atoms with van der Waals surface area (Å²) in [6.07, 6.45) is 0. The molecule has 6 aromatic rings. The first-order chi connectivity index (χ1) is 25.5. The highest BCUT2D eigenvalue weighted by Crippen LogP contribution is 2.36. The average Bonchev–Trinajstić information content (AvgIpc) is 3.20. The molecule has 0 unspecified atom stereocenters. The van der Waals surface area contributed by atoms with Crippen molar-refractivity contribution in [3.05, 3.63) is 178 Å². The maximum atomic E-state index is 9.92. The van der Waals surface area contributed by atoms with Crippen LogP contribution in [0, 0.1) is 58.2 Å². The fraction of sp³-hybridized carbons (Fsp3) is 0.0435. The normalized spacial score (nSPS) is 9.71. The van der Waals surface area contributed by atoms with Crippen LogP contribution in [0.5, 0.6) is 11.5 Å². The van der Waals surface area contributed by atoms with Gasteiger partial charge in [0, 0.05) is 55.3 Å². The van der Waals surface area contributed by atoms with Crippen molar-refractivity contribution in [1.29, 1.82) is 10.5 Å². The lowest BCUT2D eigenvalue weighted by atomic mass is 10.0. The smallest absolute Gasteiger partial charge is 0.119 e. The van der Waals surface area contributed by atoms with Gasteiger partial charge in [0.2, 0.25) is 0 Å². The Balaban J connectivity index is 1.20. The Hall–Kier alpha value is -7.27. The highest BCUT2D eigenvalue weighted by atomic mass is 32.1. The van der Waals surface area contributed by atoms with Crippen molar-refractivity contribution >= 4 is 29.7 Å². The van der Waals surface area contributed by atoms with Crippen LogP contribution in [0.3, 0.4) is 0 Å². The first-order valence-electron chi connectivity index (χ1n) is 16.1. The minimum Gasteiger partial charge on any atom is -0.497 e. The molecule has 0 radical (unpaired) electrons. The molecule has 0 N–H and O–H groups in total. The molecule has 0 aromatic heterocycles. The van der Waals surface area contributed by atoms with Gasteiger partial charge >= 0.3 is 0 Å². The molecule has 0 amide bonds. The second-order valence-corrected chi connectivity index (χ2v) is 11.8. The number of hydrogen-bond donors (Lipinski definition) is 1. The Bertz CT molecular complexity index is 2460. The van der Waals surface area contributed by atoms with Gasteiger partial charge in [-0.1, -0.05) is 35.5 Å². The monoisotopic (exact) mass is 687 g/mol. The van der Waals surface area contributed by atoms with Gasteiger partial charge in [0.05, 0.1) is 25.3 Å². The Morgan fingerprint density at radius 1 is 0.423 bits per heavy atom. The van der Waals surface area contributed by atoms with Gasteiger partial charge in [-0.15, -0.1) is 12.6 Å². The van der Waals surface area contributed by atoms with E-state index in [-0.39, 0.29) is 0 Å². The summed E-state index contributed by atoms with van der Waals surface area (Å²) in [6.45, 7) is 0. The lowest BCUT2D eigenvalue weighted by Gasteiger charge is -2.25. The minimum atomic E-state index is 0.415. The number of thiol groups is 1. The van der Waals surface area contributed by atoms with Gasteiger partial charge in [-0.2, -0.15) is 10.5 Å². The third kappa shape index (κ3) is 8.47. The molecule has 0 saturated carbocycles. The van der Waals surface area contributed by atoms with Crippen molar-refractivity contribution in [2.45, 2.75) is 4.90 Å². The number of rotatable bonds is 5. The summed E-state index contributed by atoms with van der Waals surface area (Å²) < 4.78 is 10.7. The number of nitrogens with zero attached hydrogens (tertiary/aromatic N) is 3. The first kappa shape index (κ1) is 34.6. The van der Waals surface area contributed by atoms with Crippen LogP contribution in [0.2, 0.25) is 0 Å². The third-order valence-electron chi connectivity index (χ3n) is 7.97. The van der Waals surface area contributed by atoms with Crippen molar-refractivity contribution in [3.63, 3.8) is 0 Å². The molecule has 5 nitrogen and oxygen atoms in total. The van der Waals surface area contributed by atoms with Gasteiger partial charge in [-0.05, 0) is 133 Å². The van der Waals surface area contributed by atoms with E-state index < -0.39 is 0 Å². The van der Waals surface area contributed by atoms with Crippen LogP contribution >= 0.6 is 12.6 Å². The van der Waals surface area contributed by atoms with E-state index in [4.69, 9.17) is 9.47 Å². The molecule has 0 heterocycles. The van der Waals surface area contributed by atoms with Crippen LogP contribution in [0.15, 0.2) is 138 Å². The summed E-state index contributed by atoms with van der Waals surface area (Å²) in [7, 11) is 3.29. The van der Waals surface area contributed by atoms with Gasteiger partial charge in [-0.3, -0.25) is 0 Å². The second kappa shape index (κ2) is 16.4. The molecule has 0 saturated heterocycles. The second-order valence-electron chi connectivity index (χ2n) is 11.3. The van der Waals surface area contributed by atoms with Crippen molar-refractivity contribution in [2.75, 3.05) is 19.1 Å².